The summed E-state index contributed by atoms with van der Waals surface area (Å²) in [5.41, 5.74) is -0.709. The topological polar surface area (TPSA) is 125 Å². The molecule has 0 aliphatic carbocycles. The molecule has 3 amide bonds. The number of esters is 1. The number of rotatable bonds is 7. The van der Waals surface area contributed by atoms with E-state index in [-0.39, 0.29) is 24.8 Å². The van der Waals surface area contributed by atoms with Crippen LogP contribution in [-0.4, -0.2) is 88.1 Å². The first-order valence-corrected chi connectivity index (χ1v) is 16.4. The quantitative estimate of drug-likeness (QED) is 0.336. The Bertz CT molecular complexity index is 1320. The van der Waals surface area contributed by atoms with Crippen LogP contribution in [0.3, 0.4) is 0 Å². The van der Waals surface area contributed by atoms with Crippen LogP contribution in [0.25, 0.3) is 0 Å². The highest BCUT2D eigenvalue weighted by molar-refractivity contribution is 9.11. The number of carbonyl (C=O) groups excluding carboxylic acids is 4. The van der Waals surface area contributed by atoms with Crippen LogP contribution in [0.5, 0.6) is 0 Å². The SMILES string of the molecule is CCCCN1C/C=C\CCC(=O)N[C@H](C)[C@@H](c2ccccc2)OC(=O)[C@@H]2[C@H]3O[C@@]4(C=C3Br)[C@H](C1=O)N([C@@H](CC)CO)C(=O)[C@@H]24. The fraction of sp³-hybridized carbons (Fsp3) is 0.576. The minimum absolute atomic E-state index is 0.185. The van der Waals surface area contributed by atoms with Gasteiger partial charge < -0.3 is 29.7 Å². The van der Waals surface area contributed by atoms with Gasteiger partial charge in [0.2, 0.25) is 17.7 Å². The van der Waals surface area contributed by atoms with E-state index in [1.54, 1.807) is 17.9 Å². The standard InChI is InChI=1S/C33H42BrN3O7/c1-4-6-16-36-17-12-8-11-15-24(39)35-20(3)27(21-13-9-7-10-14-21)43-32(42)25-26-30(40)37(22(5-2)19-38)29(31(36)41)33(26)18-23(34)28(25)44-33/h7-10,12-14,18,20,22,25-29,38H,4-6,11,15-17,19H2,1-3H3,(H,35,39)/b12-8-/t20-,22+,25+,26-,27+,28+,29+,33-/m1/s1. The highest BCUT2D eigenvalue weighted by Crippen LogP contribution is 2.59. The number of nitrogens with zero attached hydrogens (tertiary/aromatic N) is 2. The molecule has 0 saturated carbocycles. The number of cyclic esters (lactones) is 1. The summed E-state index contributed by atoms with van der Waals surface area (Å²) < 4.78 is 13.3. The Labute approximate surface area is 266 Å². The molecule has 1 aromatic rings. The summed E-state index contributed by atoms with van der Waals surface area (Å²) in [7, 11) is 0. The maximum absolute atomic E-state index is 14.6. The van der Waals surface area contributed by atoms with Crippen molar-refractivity contribution in [1.82, 2.24) is 15.1 Å². The van der Waals surface area contributed by atoms with Crippen LogP contribution in [0.4, 0.5) is 0 Å². The lowest BCUT2D eigenvalue weighted by Gasteiger charge is -2.38. The molecule has 11 heteroatoms. The Kier molecular flexibility index (Phi) is 9.96. The summed E-state index contributed by atoms with van der Waals surface area (Å²) in [6, 6.07) is 6.91. The van der Waals surface area contributed by atoms with Crippen molar-refractivity contribution in [3.05, 3.63) is 58.6 Å². The van der Waals surface area contributed by atoms with Crippen LogP contribution in [0.1, 0.15) is 64.5 Å². The summed E-state index contributed by atoms with van der Waals surface area (Å²) in [6.45, 7) is 6.11. The minimum Gasteiger partial charge on any atom is -0.455 e. The molecule has 4 aliphatic rings. The van der Waals surface area contributed by atoms with Gasteiger partial charge in [0.15, 0.2) is 0 Å². The lowest BCUT2D eigenvalue weighted by Crippen LogP contribution is -2.58. The maximum Gasteiger partial charge on any atom is 0.313 e. The largest absolute Gasteiger partial charge is 0.455 e. The summed E-state index contributed by atoms with van der Waals surface area (Å²) in [6.07, 6.45) is 6.64. The molecule has 4 heterocycles. The normalized spacial score (nSPS) is 34.0. The van der Waals surface area contributed by atoms with E-state index in [0.29, 0.717) is 36.0 Å². The molecule has 238 valence electrons. The number of halogens is 1. The molecule has 0 radical (unpaired) electrons. The molecule has 10 nitrogen and oxygen atoms in total. The maximum atomic E-state index is 14.6. The number of allylic oxidation sites excluding steroid dienone is 1. The van der Waals surface area contributed by atoms with Gasteiger partial charge in [-0.15, -0.1) is 0 Å². The third kappa shape index (κ3) is 5.74. The lowest BCUT2D eigenvalue weighted by atomic mass is 9.74. The molecule has 2 saturated heterocycles. The molecule has 0 unspecified atom stereocenters. The van der Waals surface area contributed by atoms with Gasteiger partial charge in [-0.25, -0.2) is 0 Å². The molecule has 1 spiro atoms. The second-order valence-corrected chi connectivity index (χ2v) is 13.0. The Hall–Kier alpha value is -3.02. The number of hydrogen-bond donors (Lipinski definition) is 2. The number of aliphatic hydroxyl groups is 1. The molecule has 5 rings (SSSR count). The predicted octanol–water partition coefficient (Wildman–Crippen LogP) is 3.40. The van der Waals surface area contributed by atoms with Crippen LogP contribution in [0.2, 0.25) is 0 Å². The number of hydrogen-bond acceptors (Lipinski definition) is 7. The van der Waals surface area contributed by atoms with Crippen molar-refractivity contribution in [2.24, 2.45) is 11.8 Å². The van der Waals surface area contributed by atoms with E-state index in [0.717, 1.165) is 12.8 Å². The zero-order valence-electron chi connectivity index (χ0n) is 25.5. The van der Waals surface area contributed by atoms with Crippen molar-refractivity contribution >= 4 is 39.6 Å². The fourth-order valence-electron chi connectivity index (χ4n) is 7.07. The summed E-state index contributed by atoms with van der Waals surface area (Å²) in [5.74, 6) is -3.59. The summed E-state index contributed by atoms with van der Waals surface area (Å²) in [4.78, 5) is 59.2. The average molecular weight is 673 g/mol. The third-order valence-electron chi connectivity index (χ3n) is 9.28. The molecular weight excluding hydrogens is 630 g/mol. The second-order valence-electron chi connectivity index (χ2n) is 12.1. The molecule has 4 aliphatic heterocycles. The van der Waals surface area contributed by atoms with E-state index >= 15 is 0 Å². The Morgan fingerprint density at radius 1 is 1.09 bits per heavy atom. The van der Waals surface area contributed by atoms with E-state index in [1.165, 1.54) is 4.90 Å². The Morgan fingerprint density at radius 3 is 2.52 bits per heavy atom. The summed E-state index contributed by atoms with van der Waals surface area (Å²) in [5, 5.41) is 13.3. The molecule has 2 N–H and O–H groups in total. The zero-order chi connectivity index (χ0) is 31.6. The van der Waals surface area contributed by atoms with Gasteiger partial charge in [0.25, 0.3) is 0 Å². The van der Waals surface area contributed by atoms with Gasteiger partial charge in [-0.05, 0) is 37.8 Å². The number of likely N-dealkylation sites (tertiary alicyclic amines) is 1. The minimum atomic E-state index is -1.41. The second kappa shape index (κ2) is 13.5. The first-order valence-electron chi connectivity index (χ1n) is 15.7. The fourth-order valence-corrected chi connectivity index (χ4v) is 7.80. The summed E-state index contributed by atoms with van der Waals surface area (Å²) >= 11 is 3.58. The van der Waals surface area contributed by atoms with Crippen LogP contribution in [-0.2, 0) is 28.7 Å². The van der Waals surface area contributed by atoms with Crippen LogP contribution >= 0.6 is 15.9 Å². The van der Waals surface area contributed by atoms with E-state index in [2.05, 4.69) is 21.2 Å². The molecular formula is C33H42BrN3O7. The first kappa shape index (κ1) is 32.4. The van der Waals surface area contributed by atoms with Gasteiger partial charge in [0.1, 0.15) is 29.8 Å². The van der Waals surface area contributed by atoms with Crippen molar-refractivity contribution in [2.45, 2.75) is 88.8 Å². The predicted molar refractivity (Wildman–Crippen MR) is 166 cm³/mol. The van der Waals surface area contributed by atoms with Crippen LogP contribution in [0.15, 0.2) is 53.0 Å². The average Bonchev–Trinajstić information content (AvgIpc) is 3.61. The third-order valence-corrected chi connectivity index (χ3v) is 9.96. The Morgan fingerprint density at radius 2 is 1.84 bits per heavy atom. The van der Waals surface area contributed by atoms with Crippen molar-refractivity contribution in [3.8, 4) is 0 Å². The monoisotopic (exact) mass is 671 g/mol. The van der Waals surface area contributed by atoms with Gasteiger partial charge >= 0.3 is 5.97 Å². The van der Waals surface area contributed by atoms with Gasteiger partial charge in [-0.2, -0.15) is 0 Å². The first-order chi connectivity index (χ1) is 21.2. The van der Waals surface area contributed by atoms with Crippen LogP contribution in [0, 0.1) is 11.8 Å². The van der Waals surface area contributed by atoms with Gasteiger partial charge in [0, 0.05) is 24.0 Å². The smallest absolute Gasteiger partial charge is 0.313 e. The van der Waals surface area contributed by atoms with Gasteiger partial charge in [0.05, 0.1) is 24.6 Å². The van der Waals surface area contributed by atoms with Gasteiger partial charge in [-0.3, -0.25) is 19.2 Å². The van der Waals surface area contributed by atoms with E-state index in [4.69, 9.17) is 9.47 Å². The zero-order valence-corrected chi connectivity index (χ0v) is 27.1. The number of carbonyl (C=O) groups is 4. The Balaban J connectivity index is 1.62. The van der Waals surface area contributed by atoms with Crippen molar-refractivity contribution in [3.63, 3.8) is 0 Å². The molecule has 2 fully saturated rings. The molecule has 0 aromatic heterocycles. The molecule has 8 atom stereocenters. The molecule has 44 heavy (non-hydrogen) atoms. The molecule has 1 aromatic carbocycles. The van der Waals surface area contributed by atoms with Crippen molar-refractivity contribution in [2.75, 3.05) is 19.7 Å². The number of nitrogens with one attached hydrogen (secondary N) is 1. The number of fused-ring (bicyclic) bond motifs is 2. The van der Waals surface area contributed by atoms with E-state index < -0.39 is 59.6 Å². The number of aliphatic hydroxyl groups excluding tert-OH is 1. The van der Waals surface area contributed by atoms with E-state index in [1.807, 2.05) is 56.3 Å². The van der Waals surface area contributed by atoms with Crippen molar-refractivity contribution in [1.29, 1.82) is 0 Å². The van der Waals surface area contributed by atoms with Crippen molar-refractivity contribution < 1.29 is 33.8 Å². The van der Waals surface area contributed by atoms with E-state index in [9.17, 15) is 24.3 Å². The number of benzene rings is 1. The van der Waals surface area contributed by atoms with Gasteiger partial charge in [-0.1, -0.05) is 78.7 Å². The number of ether oxygens (including phenoxy) is 2. The van der Waals surface area contributed by atoms with Crippen LogP contribution < -0.4 is 5.32 Å². The highest BCUT2D eigenvalue weighted by Gasteiger charge is 2.75. The number of amides is 3. The lowest BCUT2D eigenvalue weighted by molar-refractivity contribution is -0.162. The highest BCUT2D eigenvalue weighted by atomic mass is 79.9. The molecule has 5 bridgehead atoms. The number of unbranched alkanes of at least 4 members (excludes halogenated alkanes) is 1.